The fraction of sp³-hybridized carbons (Fsp3) is 0.933. The van der Waals surface area contributed by atoms with Crippen LogP contribution in [0.25, 0.3) is 0 Å². The molecule has 1 heterocycles. The Kier molecular flexibility index (Phi) is 5.22. The highest BCUT2D eigenvalue weighted by Crippen LogP contribution is 2.30. The normalized spacial score (nSPS) is 27.4. The molecule has 1 saturated heterocycles. The number of amides is 1. The van der Waals surface area contributed by atoms with Gasteiger partial charge in [-0.1, -0.05) is 19.3 Å². The second kappa shape index (κ2) is 6.71. The smallest absolute Gasteiger partial charge is 0.221 e. The van der Waals surface area contributed by atoms with E-state index in [1.165, 1.54) is 32.2 Å². The van der Waals surface area contributed by atoms with Gasteiger partial charge in [-0.25, -0.2) is 0 Å². The third kappa shape index (κ3) is 4.18. The second-order valence-corrected chi connectivity index (χ2v) is 6.49. The average molecular weight is 267 g/mol. The lowest BCUT2D eigenvalue weighted by molar-refractivity contribution is -0.123. The molecule has 19 heavy (non-hydrogen) atoms. The number of carbonyl (C=O) groups is 1. The molecule has 2 N–H and O–H groups in total. The first-order valence-electron chi connectivity index (χ1n) is 7.78. The summed E-state index contributed by atoms with van der Waals surface area (Å²) in [6.45, 7) is 3.14. The van der Waals surface area contributed by atoms with Crippen LogP contribution in [0.1, 0.15) is 44.9 Å². The van der Waals surface area contributed by atoms with Gasteiger partial charge in [-0.15, -0.1) is 0 Å². The standard InChI is InChI=1S/C15H29N3O/c1-16-15(7-4-3-5-8-15)10-14(19)17-11-13-6-9-18(2)12-13/h13,16H,3-12H2,1-2H3,(H,17,19). The zero-order valence-corrected chi connectivity index (χ0v) is 12.5. The van der Waals surface area contributed by atoms with E-state index in [4.69, 9.17) is 0 Å². The van der Waals surface area contributed by atoms with Crippen LogP contribution in [0.15, 0.2) is 0 Å². The van der Waals surface area contributed by atoms with Gasteiger partial charge in [-0.2, -0.15) is 0 Å². The van der Waals surface area contributed by atoms with Crippen molar-refractivity contribution in [1.82, 2.24) is 15.5 Å². The van der Waals surface area contributed by atoms with Crippen LogP contribution in [0.2, 0.25) is 0 Å². The van der Waals surface area contributed by atoms with Crippen LogP contribution in [-0.4, -0.2) is 50.1 Å². The maximum Gasteiger partial charge on any atom is 0.221 e. The lowest BCUT2D eigenvalue weighted by atomic mass is 9.79. The van der Waals surface area contributed by atoms with Gasteiger partial charge >= 0.3 is 0 Å². The number of hydrogen-bond donors (Lipinski definition) is 2. The molecule has 110 valence electrons. The molecule has 2 aliphatic rings. The van der Waals surface area contributed by atoms with Crippen LogP contribution >= 0.6 is 0 Å². The molecule has 0 spiro atoms. The van der Waals surface area contributed by atoms with Crippen molar-refractivity contribution in [3.8, 4) is 0 Å². The molecule has 1 unspecified atom stereocenters. The second-order valence-electron chi connectivity index (χ2n) is 6.49. The number of nitrogens with zero attached hydrogens (tertiary/aromatic N) is 1. The number of likely N-dealkylation sites (tertiary alicyclic amines) is 1. The van der Waals surface area contributed by atoms with E-state index in [1.54, 1.807) is 0 Å². The van der Waals surface area contributed by atoms with E-state index in [2.05, 4.69) is 22.6 Å². The zero-order valence-electron chi connectivity index (χ0n) is 12.5. The SMILES string of the molecule is CNC1(CC(=O)NCC2CCN(C)C2)CCCCC1. The number of nitrogens with one attached hydrogen (secondary N) is 2. The summed E-state index contributed by atoms with van der Waals surface area (Å²) in [5.74, 6) is 0.872. The number of carbonyl (C=O) groups excluding carboxylic acids is 1. The minimum Gasteiger partial charge on any atom is -0.356 e. The van der Waals surface area contributed by atoms with Crippen molar-refractivity contribution in [2.75, 3.05) is 33.7 Å². The molecule has 1 aliphatic heterocycles. The molecule has 4 heteroatoms. The maximum atomic E-state index is 12.1. The van der Waals surface area contributed by atoms with Crippen molar-refractivity contribution >= 4 is 5.91 Å². The molecule has 0 aromatic carbocycles. The van der Waals surface area contributed by atoms with Crippen molar-refractivity contribution in [3.63, 3.8) is 0 Å². The summed E-state index contributed by atoms with van der Waals surface area (Å²) in [5, 5.41) is 6.56. The minimum atomic E-state index is 0.0643. The Balaban J connectivity index is 1.73. The Hall–Kier alpha value is -0.610. The lowest BCUT2D eigenvalue weighted by Crippen LogP contribution is -2.48. The summed E-state index contributed by atoms with van der Waals surface area (Å²) in [4.78, 5) is 14.5. The molecular weight excluding hydrogens is 238 g/mol. The van der Waals surface area contributed by atoms with Gasteiger partial charge in [0.15, 0.2) is 0 Å². The van der Waals surface area contributed by atoms with Crippen molar-refractivity contribution in [1.29, 1.82) is 0 Å². The van der Waals surface area contributed by atoms with Crippen LogP contribution in [0.4, 0.5) is 0 Å². The quantitative estimate of drug-likeness (QED) is 0.791. The van der Waals surface area contributed by atoms with Crippen molar-refractivity contribution in [2.24, 2.45) is 5.92 Å². The van der Waals surface area contributed by atoms with Gasteiger partial charge in [0.1, 0.15) is 0 Å². The number of rotatable bonds is 5. The van der Waals surface area contributed by atoms with Crippen LogP contribution in [0, 0.1) is 5.92 Å². The third-order valence-corrected chi connectivity index (χ3v) is 4.92. The molecular formula is C15H29N3O. The predicted octanol–water partition coefficient (Wildman–Crippen LogP) is 1.37. The maximum absolute atomic E-state index is 12.1. The van der Waals surface area contributed by atoms with Crippen LogP contribution in [0.3, 0.4) is 0 Å². The first kappa shape index (κ1) is 14.8. The van der Waals surface area contributed by atoms with Gasteiger partial charge in [0.05, 0.1) is 0 Å². The van der Waals surface area contributed by atoms with Crippen LogP contribution < -0.4 is 10.6 Å². The molecule has 2 fully saturated rings. The molecule has 1 saturated carbocycles. The first-order valence-corrected chi connectivity index (χ1v) is 7.78. The van der Waals surface area contributed by atoms with E-state index in [0.29, 0.717) is 12.3 Å². The van der Waals surface area contributed by atoms with Gasteiger partial charge in [-0.05, 0) is 45.8 Å². The largest absolute Gasteiger partial charge is 0.356 e. The topological polar surface area (TPSA) is 44.4 Å². The van der Waals surface area contributed by atoms with Crippen molar-refractivity contribution < 1.29 is 4.79 Å². The molecule has 4 nitrogen and oxygen atoms in total. The minimum absolute atomic E-state index is 0.0643. The van der Waals surface area contributed by atoms with Crippen molar-refractivity contribution in [2.45, 2.75) is 50.5 Å². The van der Waals surface area contributed by atoms with Gasteiger partial charge in [-0.3, -0.25) is 4.79 Å². The summed E-state index contributed by atoms with van der Waals surface area (Å²) >= 11 is 0. The van der Waals surface area contributed by atoms with Crippen molar-refractivity contribution in [3.05, 3.63) is 0 Å². The van der Waals surface area contributed by atoms with E-state index in [0.717, 1.165) is 25.9 Å². The molecule has 1 aliphatic carbocycles. The zero-order chi connectivity index (χ0) is 13.7. The lowest BCUT2D eigenvalue weighted by Gasteiger charge is -2.36. The fourth-order valence-corrected chi connectivity index (χ4v) is 3.56. The summed E-state index contributed by atoms with van der Waals surface area (Å²) in [6.07, 6.45) is 7.97. The Morgan fingerprint density at radius 1 is 1.32 bits per heavy atom. The Morgan fingerprint density at radius 2 is 2.05 bits per heavy atom. The molecule has 1 atom stereocenters. The van der Waals surface area contributed by atoms with E-state index in [-0.39, 0.29) is 11.4 Å². The summed E-state index contributed by atoms with van der Waals surface area (Å²) in [5.41, 5.74) is 0.0643. The van der Waals surface area contributed by atoms with E-state index >= 15 is 0 Å². The van der Waals surface area contributed by atoms with Gasteiger partial charge < -0.3 is 15.5 Å². The molecule has 0 aromatic heterocycles. The Labute approximate surface area is 117 Å². The van der Waals surface area contributed by atoms with Gasteiger partial charge in [0.2, 0.25) is 5.91 Å². The molecule has 0 aromatic rings. The molecule has 0 radical (unpaired) electrons. The first-order chi connectivity index (χ1) is 9.13. The highest BCUT2D eigenvalue weighted by molar-refractivity contribution is 5.77. The molecule has 0 bridgehead atoms. The molecule has 2 rings (SSSR count). The molecule has 1 amide bonds. The van der Waals surface area contributed by atoms with E-state index in [1.807, 2.05) is 7.05 Å². The van der Waals surface area contributed by atoms with Gasteiger partial charge in [0.25, 0.3) is 0 Å². The highest BCUT2D eigenvalue weighted by atomic mass is 16.1. The van der Waals surface area contributed by atoms with E-state index < -0.39 is 0 Å². The average Bonchev–Trinajstić information content (AvgIpc) is 2.83. The Bertz CT molecular complexity index is 300. The highest BCUT2D eigenvalue weighted by Gasteiger charge is 2.32. The fourth-order valence-electron chi connectivity index (χ4n) is 3.56. The van der Waals surface area contributed by atoms with E-state index in [9.17, 15) is 4.79 Å². The summed E-state index contributed by atoms with van der Waals surface area (Å²) < 4.78 is 0. The predicted molar refractivity (Wildman–Crippen MR) is 78.1 cm³/mol. The Morgan fingerprint density at radius 3 is 2.63 bits per heavy atom. The monoisotopic (exact) mass is 267 g/mol. The van der Waals surface area contributed by atoms with Gasteiger partial charge in [0, 0.05) is 25.0 Å². The summed E-state index contributed by atoms with van der Waals surface area (Å²) in [7, 11) is 4.16. The summed E-state index contributed by atoms with van der Waals surface area (Å²) in [6, 6.07) is 0. The van der Waals surface area contributed by atoms with Crippen LogP contribution in [0.5, 0.6) is 0 Å². The number of hydrogen-bond acceptors (Lipinski definition) is 3. The third-order valence-electron chi connectivity index (χ3n) is 4.92. The van der Waals surface area contributed by atoms with Crippen LogP contribution in [-0.2, 0) is 4.79 Å².